The third-order valence-electron chi connectivity index (χ3n) is 1.10. The molecule has 0 N–H and O–H groups in total. The number of nitrogens with zero attached hydrogens (tertiary/aromatic N) is 2. The van der Waals surface area contributed by atoms with E-state index in [0.29, 0.717) is 0 Å². The molecule has 1 radical (unpaired) electrons. The van der Waals surface area contributed by atoms with Gasteiger partial charge in [0, 0.05) is 0 Å². The maximum Gasteiger partial charge on any atom is 0.564 e. The van der Waals surface area contributed by atoms with Crippen LogP contribution in [0.5, 0.6) is 0 Å². The van der Waals surface area contributed by atoms with Crippen molar-refractivity contribution in [1.29, 1.82) is 0 Å². The molecule has 0 fully saturated rings. The summed E-state index contributed by atoms with van der Waals surface area (Å²) < 4.78 is 0. The fraction of sp³-hybridized carbons (Fsp3) is 0.500. The second kappa shape index (κ2) is 3.51. The Bertz CT molecular complexity index is 103. The van der Waals surface area contributed by atoms with Gasteiger partial charge in [-0.1, -0.05) is 0 Å². The molecule has 0 bridgehead atoms. The average molecular weight is 146 g/mol. The van der Waals surface area contributed by atoms with Crippen molar-refractivity contribution >= 4 is 0 Å². The lowest BCUT2D eigenvalue weighted by Crippen LogP contribution is -3.00. The topological polar surface area (TPSA) is 6.48 Å². The summed E-state index contributed by atoms with van der Waals surface area (Å²) in [6.45, 7) is 6.15. The van der Waals surface area contributed by atoms with Crippen molar-refractivity contribution in [3.8, 4) is 0 Å². The third-order valence-corrected chi connectivity index (χ3v) is 1.10. The van der Waals surface area contributed by atoms with Crippen LogP contribution in [-0.4, -0.2) is 23.4 Å². The van der Waals surface area contributed by atoms with Crippen molar-refractivity contribution in [3.63, 3.8) is 0 Å². The zero-order chi connectivity index (χ0) is 5.98. The lowest BCUT2D eigenvalue weighted by atomic mass is 10.6. The van der Waals surface area contributed by atoms with Crippen LogP contribution < -0.4 is 12.4 Å². The highest BCUT2D eigenvalue weighted by molar-refractivity contribution is 4.94. The minimum atomic E-state index is 0. The van der Waals surface area contributed by atoms with Crippen molar-refractivity contribution in [1.82, 2.24) is 9.80 Å². The Labute approximate surface area is 62.5 Å². The van der Waals surface area contributed by atoms with Gasteiger partial charge in [0.2, 0.25) is 0 Å². The van der Waals surface area contributed by atoms with Gasteiger partial charge in [-0.25, -0.2) is 0 Å². The Balaban J connectivity index is 0.000000640. The van der Waals surface area contributed by atoms with E-state index < -0.39 is 0 Å². The second-order valence-electron chi connectivity index (χ2n) is 1.80. The second-order valence-corrected chi connectivity index (χ2v) is 1.80. The predicted molar refractivity (Wildman–Crippen MR) is 32.5 cm³/mol. The minimum absolute atomic E-state index is 0. The lowest BCUT2D eigenvalue weighted by molar-refractivity contribution is -0.00000177. The summed E-state index contributed by atoms with van der Waals surface area (Å²) in [4.78, 5) is 3.91. The van der Waals surface area contributed by atoms with Crippen LogP contribution in [-0.2, 0) is 0 Å². The van der Waals surface area contributed by atoms with Crippen molar-refractivity contribution < 1.29 is 12.4 Å². The zero-order valence-corrected chi connectivity index (χ0v) is 6.39. The molecule has 1 aliphatic heterocycles. The molecule has 0 atom stereocenters. The summed E-state index contributed by atoms with van der Waals surface area (Å²) in [5.74, 6) is 0. The average Bonchev–Trinajstić information content (AvgIpc) is 2.14. The maximum absolute atomic E-state index is 3.06. The predicted octanol–water partition coefficient (Wildman–Crippen LogP) is -2.27. The molecule has 9 heavy (non-hydrogen) atoms. The quantitative estimate of drug-likeness (QED) is 0.384. The molecule has 3 heteroatoms. The first kappa shape index (κ1) is 8.50. The highest BCUT2D eigenvalue weighted by atomic mass is 35.5. The van der Waals surface area contributed by atoms with Gasteiger partial charge >= 0.3 is 6.67 Å². The van der Waals surface area contributed by atoms with E-state index >= 15 is 0 Å². The molecule has 0 saturated heterocycles. The summed E-state index contributed by atoms with van der Waals surface area (Å²) in [7, 11) is 1.96. The minimum Gasteiger partial charge on any atom is -1.00 e. The Hall–Kier alpha value is -0.500. The van der Waals surface area contributed by atoms with Gasteiger partial charge in [0.1, 0.15) is 0 Å². The van der Waals surface area contributed by atoms with Crippen molar-refractivity contribution in [2.45, 2.75) is 6.92 Å². The fourth-order valence-corrected chi connectivity index (χ4v) is 0.626. The first-order valence-corrected chi connectivity index (χ1v) is 2.77. The summed E-state index contributed by atoms with van der Waals surface area (Å²) in [6.07, 6.45) is 3.98. The van der Waals surface area contributed by atoms with E-state index in [2.05, 4.69) is 13.6 Å². The molecule has 0 amide bonds. The van der Waals surface area contributed by atoms with Crippen molar-refractivity contribution in [2.75, 3.05) is 13.6 Å². The zero-order valence-electron chi connectivity index (χ0n) is 5.63. The van der Waals surface area contributed by atoms with Gasteiger partial charge in [-0.3, -0.25) is 0 Å². The number of hydrogen-bond acceptors (Lipinski definition) is 2. The Morgan fingerprint density at radius 2 is 2.11 bits per heavy atom. The Morgan fingerprint density at radius 1 is 1.44 bits per heavy atom. The lowest BCUT2D eigenvalue weighted by Gasteiger charge is -1.93. The maximum atomic E-state index is 3.06. The van der Waals surface area contributed by atoms with E-state index in [-0.39, 0.29) is 12.4 Å². The van der Waals surface area contributed by atoms with Crippen LogP contribution >= 0.6 is 0 Å². The molecule has 1 aliphatic rings. The molecule has 0 aromatic heterocycles. The molecule has 0 saturated carbocycles. The van der Waals surface area contributed by atoms with Crippen LogP contribution in [0.4, 0.5) is 0 Å². The first-order chi connectivity index (χ1) is 3.83. The molecular formula is C6H10ClN2. The van der Waals surface area contributed by atoms with Gasteiger partial charge < -0.3 is 12.4 Å². The van der Waals surface area contributed by atoms with Gasteiger partial charge in [0.15, 0.2) is 0 Å². The molecular weight excluding hydrogens is 136 g/mol. The van der Waals surface area contributed by atoms with E-state index in [1.165, 1.54) is 0 Å². The normalized spacial score (nSPS) is 15.3. The summed E-state index contributed by atoms with van der Waals surface area (Å²) in [5, 5.41) is 0. The van der Waals surface area contributed by atoms with Gasteiger partial charge in [0.05, 0.1) is 26.0 Å². The highest BCUT2D eigenvalue weighted by Crippen LogP contribution is 2.06. The van der Waals surface area contributed by atoms with Crippen molar-refractivity contribution in [3.05, 3.63) is 19.1 Å². The molecule has 1 heterocycles. The Morgan fingerprint density at radius 3 is 2.33 bits per heavy atom. The first-order valence-electron chi connectivity index (χ1n) is 2.77. The van der Waals surface area contributed by atoms with Crippen LogP contribution in [0, 0.1) is 6.67 Å². The largest absolute Gasteiger partial charge is 1.00 e. The van der Waals surface area contributed by atoms with E-state index in [0.717, 1.165) is 6.54 Å². The molecule has 1 rings (SSSR count). The van der Waals surface area contributed by atoms with Gasteiger partial charge in [-0.05, 0) is 6.92 Å². The van der Waals surface area contributed by atoms with E-state index in [4.69, 9.17) is 0 Å². The number of halogens is 1. The highest BCUT2D eigenvalue weighted by Gasteiger charge is 2.25. The summed E-state index contributed by atoms with van der Waals surface area (Å²) in [6, 6.07) is 0. The smallest absolute Gasteiger partial charge is 0.564 e. The van der Waals surface area contributed by atoms with Gasteiger partial charge in [-0.2, -0.15) is 0 Å². The van der Waals surface area contributed by atoms with Crippen LogP contribution in [0.2, 0.25) is 0 Å². The molecule has 0 aromatic rings. The van der Waals surface area contributed by atoms with E-state index in [1.54, 1.807) is 0 Å². The molecule has 0 aromatic carbocycles. The van der Waals surface area contributed by atoms with Crippen LogP contribution in [0.25, 0.3) is 0 Å². The monoisotopic (exact) mass is 145 g/mol. The molecule has 0 aliphatic carbocycles. The Kier molecular flexibility index (Phi) is 3.32. The van der Waals surface area contributed by atoms with Gasteiger partial charge in [-0.15, -0.1) is 9.80 Å². The van der Waals surface area contributed by atoms with E-state index in [9.17, 15) is 0 Å². The van der Waals surface area contributed by atoms with Crippen LogP contribution in [0.3, 0.4) is 0 Å². The standard InChI is InChI=1S/C6H10N2.ClH/c1-3-8-5-4-7(2)6-8;/h4-5H,3H2,1-2H3;1H/q+1;/p-1. The molecule has 2 nitrogen and oxygen atoms in total. The summed E-state index contributed by atoms with van der Waals surface area (Å²) >= 11 is 0. The van der Waals surface area contributed by atoms with E-state index in [1.807, 2.05) is 29.2 Å². The third kappa shape index (κ3) is 2.06. The summed E-state index contributed by atoms with van der Waals surface area (Å²) in [5.41, 5.74) is 0. The SMILES string of the molecule is CCN1[C+]N(C)C=C1.[Cl-]. The number of rotatable bonds is 1. The molecule has 51 valence electrons. The number of hydrogen-bond donors (Lipinski definition) is 0. The van der Waals surface area contributed by atoms with Crippen LogP contribution in [0.1, 0.15) is 6.92 Å². The van der Waals surface area contributed by atoms with Crippen LogP contribution in [0.15, 0.2) is 12.4 Å². The van der Waals surface area contributed by atoms with Gasteiger partial charge in [0.25, 0.3) is 0 Å². The molecule has 0 spiro atoms. The van der Waals surface area contributed by atoms with Crippen molar-refractivity contribution in [2.24, 2.45) is 0 Å². The fourth-order valence-electron chi connectivity index (χ4n) is 0.626. The molecule has 0 unspecified atom stereocenters.